The molecule has 3 aromatic carbocycles. The molecule has 0 aromatic heterocycles. The van der Waals surface area contributed by atoms with Gasteiger partial charge >= 0.3 is 12.0 Å². The summed E-state index contributed by atoms with van der Waals surface area (Å²) in [6.45, 7) is 0.537. The van der Waals surface area contributed by atoms with Gasteiger partial charge in [0.15, 0.2) is 0 Å². The lowest BCUT2D eigenvalue weighted by Crippen LogP contribution is -2.45. The third-order valence-corrected chi connectivity index (χ3v) is 7.67. The van der Waals surface area contributed by atoms with E-state index in [-0.39, 0.29) is 17.5 Å². The number of aromatic carboxylic acids is 1. The second kappa shape index (κ2) is 11.5. The predicted octanol–water partition coefficient (Wildman–Crippen LogP) is 6.73. The first-order chi connectivity index (χ1) is 18.5. The topological polar surface area (TPSA) is 98.7 Å². The van der Waals surface area contributed by atoms with Crippen LogP contribution in [0.4, 0.5) is 16.2 Å². The fourth-order valence-electron chi connectivity index (χ4n) is 5.53. The lowest BCUT2D eigenvalue weighted by atomic mass is 9.84. The van der Waals surface area contributed by atoms with Crippen molar-refractivity contribution in [2.75, 3.05) is 17.2 Å². The van der Waals surface area contributed by atoms with Crippen LogP contribution in [0.15, 0.2) is 72.8 Å². The summed E-state index contributed by atoms with van der Waals surface area (Å²) in [7, 11) is 0. The van der Waals surface area contributed by atoms with Crippen molar-refractivity contribution < 1.29 is 19.5 Å². The van der Waals surface area contributed by atoms with Crippen LogP contribution < -0.4 is 10.6 Å². The smallest absolute Gasteiger partial charge is 0.335 e. The van der Waals surface area contributed by atoms with Crippen molar-refractivity contribution in [2.45, 2.75) is 56.9 Å². The van der Waals surface area contributed by atoms with E-state index in [0.29, 0.717) is 24.6 Å². The fraction of sp³-hybridized carbons (Fsp3) is 0.323. The maximum absolute atomic E-state index is 13.1. The van der Waals surface area contributed by atoms with Crippen LogP contribution in [0.1, 0.15) is 66.8 Å². The number of carboxylic acids is 1. The summed E-state index contributed by atoms with van der Waals surface area (Å²) in [6, 6.07) is 21.4. The number of amides is 3. The first-order valence-electron chi connectivity index (χ1n) is 13.4. The highest BCUT2D eigenvalue weighted by atomic mass is 16.4. The number of hydrogen-bond donors (Lipinski definition) is 3. The van der Waals surface area contributed by atoms with E-state index < -0.39 is 12.0 Å². The third-order valence-electron chi connectivity index (χ3n) is 7.67. The Balaban J connectivity index is 1.18. The number of likely N-dealkylation sites (tertiary alicyclic amines) is 1. The second-order valence-electron chi connectivity index (χ2n) is 10.2. The van der Waals surface area contributed by atoms with E-state index in [2.05, 4.69) is 22.8 Å². The number of hydrogen-bond acceptors (Lipinski definition) is 3. The zero-order chi connectivity index (χ0) is 26.5. The van der Waals surface area contributed by atoms with Gasteiger partial charge in [-0.05, 0) is 84.7 Å². The summed E-state index contributed by atoms with van der Waals surface area (Å²) >= 11 is 0. The van der Waals surface area contributed by atoms with Crippen molar-refractivity contribution in [1.29, 1.82) is 0 Å². The SMILES string of the molecule is O=C(O)c1ccc(-c2ccc(NC(=O)[C@H]3CCCN3C(=O)Nc3ccc(C4CCCCC4)cc3)cc2)cc1. The van der Waals surface area contributed by atoms with Gasteiger partial charge in [-0.2, -0.15) is 0 Å². The molecule has 38 heavy (non-hydrogen) atoms. The Kier molecular flexibility index (Phi) is 7.73. The Labute approximate surface area is 222 Å². The molecule has 1 heterocycles. The van der Waals surface area contributed by atoms with E-state index in [9.17, 15) is 14.4 Å². The molecule has 0 bridgehead atoms. The number of benzene rings is 3. The second-order valence-corrected chi connectivity index (χ2v) is 10.2. The van der Waals surface area contributed by atoms with Gasteiger partial charge in [-0.25, -0.2) is 9.59 Å². The number of carbonyl (C=O) groups is 3. The number of nitrogens with zero attached hydrogens (tertiary/aromatic N) is 1. The Morgan fingerprint density at radius 2 is 1.26 bits per heavy atom. The average Bonchev–Trinajstić information content (AvgIpc) is 3.45. The van der Waals surface area contributed by atoms with Crippen molar-refractivity contribution in [3.05, 3.63) is 83.9 Å². The minimum atomic E-state index is -0.961. The Hall–Kier alpha value is -4.13. The average molecular weight is 512 g/mol. The molecule has 1 aliphatic carbocycles. The minimum Gasteiger partial charge on any atom is -0.478 e. The molecule has 1 saturated heterocycles. The molecular formula is C31H33N3O4. The fourth-order valence-corrected chi connectivity index (χ4v) is 5.53. The zero-order valence-electron chi connectivity index (χ0n) is 21.4. The monoisotopic (exact) mass is 511 g/mol. The van der Waals surface area contributed by atoms with Crippen molar-refractivity contribution in [1.82, 2.24) is 4.90 Å². The van der Waals surface area contributed by atoms with Gasteiger partial charge in [0.1, 0.15) is 6.04 Å². The van der Waals surface area contributed by atoms with E-state index in [0.717, 1.165) is 23.2 Å². The van der Waals surface area contributed by atoms with Crippen LogP contribution in [0.3, 0.4) is 0 Å². The van der Waals surface area contributed by atoms with E-state index >= 15 is 0 Å². The molecule has 7 heteroatoms. The minimum absolute atomic E-state index is 0.205. The molecule has 196 valence electrons. The van der Waals surface area contributed by atoms with Crippen molar-refractivity contribution in [3.8, 4) is 11.1 Å². The van der Waals surface area contributed by atoms with E-state index in [1.165, 1.54) is 37.7 Å². The van der Waals surface area contributed by atoms with Gasteiger partial charge in [-0.15, -0.1) is 0 Å². The van der Waals surface area contributed by atoms with Gasteiger partial charge < -0.3 is 20.6 Å². The van der Waals surface area contributed by atoms with Crippen LogP contribution in [-0.4, -0.2) is 40.5 Å². The van der Waals surface area contributed by atoms with Crippen LogP contribution in [0.25, 0.3) is 11.1 Å². The molecule has 3 N–H and O–H groups in total. The van der Waals surface area contributed by atoms with Crippen LogP contribution in [0.2, 0.25) is 0 Å². The summed E-state index contributed by atoms with van der Waals surface area (Å²) in [4.78, 5) is 38.8. The lowest BCUT2D eigenvalue weighted by Gasteiger charge is -2.25. The lowest BCUT2D eigenvalue weighted by molar-refractivity contribution is -0.119. The van der Waals surface area contributed by atoms with Gasteiger partial charge in [-0.3, -0.25) is 4.79 Å². The summed E-state index contributed by atoms with van der Waals surface area (Å²) in [5.41, 5.74) is 4.76. The zero-order valence-corrected chi connectivity index (χ0v) is 21.4. The summed E-state index contributed by atoms with van der Waals surface area (Å²) in [5.74, 6) is -0.549. The number of nitrogens with one attached hydrogen (secondary N) is 2. The number of anilines is 2. The van der Waals surface area contributed by atoms with E-state index in [1.807, 2.05) is 36.4 Å². The van der Waals surface area contributed by atoms with Crippen molar-refractivity contribution >= 4 is 29.3 Å². The predicted molar refractivity (Wildman–Crippen MR) is 148 cm³/mol. The molecule has 3 aromatic rings. The largest absolute Gasteiger partial charge is 0.478 e. The van der Waals surface area contributed by atoms with Gasteiger partial charge in [0.25, 0.3) is 0 Å². The maximum atomic E-state index is 13.1. The van der Waals surface area contributed by atoms with Crippen LogP contribution >= 0.6 is 0 Å². The number of carbonyl (C=O) groups excluding carboxylic acids is 2. The van der Waals surface area contributed by atoms with Gasteiger partial charge in [0, 0.05) is 17.9 Å². The number of urea groups is 1. The van der Waals surface area contributed by atoms with Crippen LogP contribution in [0.5, 0.6) is 0 Å². The van der Waals surface area contributed by atoms with Gasteiger partial charge in [0.2, 0.25) is 5.91 Å². The quantitative estimate of drug-likeness (QED) is 0.341. The first kappa shape index (κ1) is 25.5. The molecule has 2 fully saturated rings. The molecule has 0 radical (unpaired) electrons. The van der Waals surface area contributed by atoms with Crippen LogP contribution in [-0.2, 0) is 4.79 Å². The maximum Gasteiger partial charge on any atom is 0.335 e. The highest BCUT2D eigenvalue weighted by Crippen LogP contribution is 2.33. The highest BCUT2D eigenvalue weighted by Gasteiger charge is 2.34. The van der Waals surface area contributed by atoms with Crippen LogP contribution in [0, 0.1) is 0 Å². The Morgan fingerprint density at radius 1 is 0.684 bits per heavy atom. The van der Waals surface area contributed by atoms with E-state index in [1.54, 1.807) is 29.2 Å². The molecule has 2 aliphatic rings. The Bertz CT molecular complexity index is 1280. The highest BCUT2D eigenvalue weighted by molar-refractivity contribution is 5.99. The summed E-state index contributed by atoms with van der Waals surface area (Å²) in [6.07, 6.45) is 7.76. The van der Waals surface area contributed by atoms with Gasteiger partial charge in [-0.1, -0.05) is 55.7 Å². The Morgan fingerprint density at radius 3 is 1.89 bits per heavy atom. The number of carboxylic acid groups (broad SMARTS) is 1. The summed E-state index contributed by atoms with van der Waals surface area (Å²) in [5, 5.41) is 15.0. The molecule has 1 aliphatic heterocycles. The molecule has 7 nitrogen and oxygen atoms in total. The molecule has 1 atom stereocenters. The first-order valence-corrected chi connectivity index (χ1v) is 13.4. The number of rotatable bonds is 6. The molecule has 0 spiro atoms. The molecule has 3 amide bonds. The van der Waals surface area contributed by atoms with Crippen molar-refractivity contribution in [2.24, 2.45) is 0 Å². The standard InChI is InChI=1S/C31H33N3O4/c35-29(32-26-16-12-24(13-17-26)22-8-10-25(11-9-22)30(36)37)28-7-4-20-34(28)31(38)33-27-18-14-23(15-19-27)21-5-2-1-3-6-21/h8-19,21,28H,1-7,20H2,(H,32,35)(H,33,38)(H,36,37)/t28-/m1/s1. The summed E-state index contributed by atoms with van der Waals surface area (Å²) < 4.78 is 0. The third kappa shape index (κ3) is 5.88. The van der Waals surface area contributed by atoms with Crippen molar-refractivity contribution in [3.63, 3.8) is 0 Å². The molecule has 5 rings (SSSR count). The molecule has 0 unspecified atom stereocenters. The normalized spacial score (nSPS) is 17.7. The van der Waals surface area contributed by atoms with Gasteiger partial charge in [0.05, 0.1) is 5.56 Å². The van der Waals surface area contributed by atoms with E-state index in [4.69, 9.17) is 5.11 Å². The molecule has 1 saturated carbocycles. The molecular weight excluding hydrogens is 478 g/mol.